The van der Waals surface area contributed by atoms with E-state index in [2.05, 4.69) is 79.3 Å². The van der Waals surface area contributed by atoms with E-state index < -0.39 is 0 Å². The highest BCUT2D eigenvalue weighted by Crippen LogP contribution is 2.24. The molecule has 23 heavy (non-hydrogen) atoms. The van der Waals surface area contributed by atoms with Gasteiger partial charge in [-0.05, 0) is 43.7 Å². The summed E-state index contributed by atoms with van der Waals surface area (Å²) in [6.07, 6.45) is 4.29. The number of hydrogen-bond acceptors (Lipinski definition) is 1. The third-order valence-corrected chi connectivity index (χ3v) is 4.14. The van der Waals surface area contributed by atoms with Gasteiger partial charge in [-0.3, -0.25) is 0 Å². The summed E-state index contributed by atoms with van der Waals surface area (Å²) in [6, 6.07) is 21.5. The highest BCUT2D eigenvalue weighted by molar-refractivity contribution is 5.35. The van der Waals surface area contributed by atoms with E-state index in [-0.39, 0.29) is 6.04 Å². The van der Waals surface area contributed by atoms with Crippen LogP contribution in [-0.4, -0.2) is 7.11 Å². The molecule has 2 heteroatoms. The molecule has 1 heterocycles. The lowest BCUT2D eigenvalue weighted by molar-refractivity contribution is -0.704. The average Bonchev–Trinajstić information content (AvgIpc) is 2.59. The first-order valence-electron chi connectivity index (χ1n) is 7.85. The molecule has 2 aromatic carbocycles. The van der Waals surface area contributed by atoms with Gasteiger partial charge in [-0.2, -0.15) is 4.57 Å². The molecule has 0 amide bonds. The first-order chi connectivity index (χ1) is 11.2. The molecule has 3 aromatic rings. The standard InChI is InChI=1S/C21H22NO/c1-16-4-6-18(7-5-16)21(22-14-12-17(2)13-15-22)19-8-10-20(23-3)11-9-19/h4-15,21H,1-3H3/q+1. The lowest BCUT2D eigenvalue weighted by Crippen LogP contribution is -2.40. The van der Waals surface area contributed by atoms with Crippen LogP contribution in [0.2, 0.25) is 0 Å². The fraction of sp³-hybridized carbons (Fsp3) is 0.190. The lowest BCUT2D eigenvalue weighted by atomic mass is 9.97. The van der Waals surface area contributed by atoms with Gasteiger partial charge in [0.2, 0.25) is 6.04 Å². The third-order valence-electron chi connectivity index (χ3n) is 4.14. The van der Waals surface area contributed by atoms with Gasteiger partial charge in [-0.1, -0.05) is 29.8 Å². The molecule has 0 radical (unpaired) electrons. The Morgan fingerprint density at radius 2 is 1.17 bits per heavy atom. The monoisotopic (exact) mass is 304 g/mol. The Kier molecular flexibility index (Phi) is 4.42. The van der Waals surface area contributed by atoms with Crippen LogP contribution in [0.1, 0.15) is 28.3 Å². The van der Waals surface area contributed by atoms with Crippen LogP contribution in [0.4, 0.5) is 0 Å². The molecule has 0 aliphatic heterocycles. The summed E-state index contributed by atoms with van der Waals surface area (Å²) >= 11 is 0. The second-order valence-electron chi connectivity index (χ2n) is 5.91. The van der Waals surface area contributed by atoms with Gasteiger partial charge in [0, 0.05) is 23.3 Å². The number of methoxy groups -OCH3 is 1. The van der Waals surface area contributed by atoms with E-state index in [0.717, 1.165) is 5.75 Å². The van der Waals surface area contributed by atoms with Crippen molar-refractivity contribution in [2.75, 3.05) is 7.11 Å². The fourth-order valence-electron chi connectivity index (χ4n) is 2.76. The second kappa shape index (κ2) is 6.66. The van der Waals surface area contributed by atoms with Crippen molar-refractivity contribution in [3.8, 4) is 5.75 Å². The van der Waals surface area contributed by atoms with Gasteiger partial charge in [-0.25, -0.2) is 0 Å². The van der Waals surface area contributed by atoms with Crippen molar-refractivity contribution in [2.24, 2.45) is 0 Å². The van der Waals surface area contributed by atoms with Crippen molar-refractivity contribution in [2.45, 2.75) is 19.9 Å². The zero-order valence-electron chi connectivity index (χ0n) is 13.9. The molecule has 0 aliphatic carbocycles. The molecule has 1 aromatic heterocycles. The van der Waals surface area contributed by atoms with Crippen LogP contribution in [0, 0.1) is 13.8 Å². The van der Waals surface area contributed by atoms with Gasteiger partial charge in [0.15, 0.2) is 12.4 Å². The third kappa shape index (κ3) is 3.42. The van der Waals surface area contributed by atoms with Crippen LogP contribution in [0.5, 0.6) is 5.75 Å². The maximum absolute atomic E-state index is 5.28. The van der Waals surface area contributed by atoms with E-state index >= 15 is 0 Å². The number of hydrogen-bond donors (Lipinski definition) is 0. The lowest BCUT2D eigenvalue weighted by Gasteiger charge is -2.14. The van der Waals surface area contributed by atoms with Crippen molar-refractivity contribution >= 4 is 0 Å². The van der Waals surface area contributed by atoms with Crippen molar-refractivity contribution in [3.05, 3.63) is 95.3 Å². The van der Waals surface area contributed by atoms with E-state index in [1.165, 1.54) is 22.3 Å². The quantitative estimate of drug-likeness (QED) is 0.657. The zero-order valence-corrected chi connectivity index (χ0v) is 13.9. The van der Waals surface area contributed by atoms with Crippen LogP contribution in [-0.2, 0) is 0 Å². The molecule has 2 nitrogen and oxygen atoms in total. The van der Waals surface area contributed by atoms with E-state index in [1.807, 2.05) is 12.1 Å². The molecule has 1 atom stereocenters. The molecule has 0 N–H and O–H groups in total. The zero-order chi connectivity index (χ0) is 16.2. The predicted octanol–water partition coefficient (Wildman–Crippen LogP) is 4.24. The van der Waals surface area contributed by atoms with Crippen molar-refractivity contribution in [1.82, 2.24) is 0 Å². The fourth-order valence-corrected chi connectivity index (χ4v) is 2.76. The van der Waals surface area contributed by atoms with E-state index in [4.69, 9.17) is 4.74 Å². The minimum atomic E-state index is 0.155. The number of aryl methyl sites for hydroxylation is 2. The number of benzene rings is 2. The maximum Gasteiger partial charge on any atom is 0.208 e. The summed E-state index contributed by atoms with van der Waals surface area (Å²) in [7, 11) is 1.70. The summed E-state index contributed by atoms with van der Waals surface area (Å²) in [5.41, 5.74) is 5.05. The van der Waals surface area contributed by atoms with Gasteiger partial charge in [0.25, 0.3) is 0 Å². The van der Waals surface area contributed by atoms with Crippen LogP contribution in [0.3, 0.4) is 0 Å². The van der Waals surface area contributed by atoms with Gasteiger partial charge in [0.05, 0.1) is 7.11 Å². The minimum Gasteiger partial charge on any atom is -0.497 e. The van der Waals surface area contributed by atoms with Crippen molar-refractivity contribution in [3.63, 3.8) is 0 Å². The SMILES string of the molecule is COc1ccc(C(c2ccc(C)cc2)[n+]2ccc(C)cc2)cc1. The summed E-state index contributed by atoms with van der Waals surface area (Å²) in [4.78, 5) is 0. The van der Waals surface area contributed by atoms with Crippen LogP contribution < -0.4 is 9.30 Å². The number of aromatic nitrogens is 1. The first kappa shape index (κ1) is 15.3. The molecule has 0 bridgehead atoms. The largest absolute Gasteiger partial charge is 0.497 e. The molecule has 0 saturated heterocycles. The molecular formula is C21H22NO+. The van der Waals surface area contributed by atoms with Crippen LogP contribution in [0.15, 0.2) is 73.1 Å². The Labute approximate surface area is 138 Å². The Hall–Kier alpha value is -2.61. The summed E-state index contributed by atoms with van der Waals surface area (Å²) in [6.45, 7) is 4.23. The summed E-state index contributed by atoms with van der Waals surface area (Å²) < 4.78 is 7.53. The van der Waals surface area contributed by atoms with E-state index in [1.54, 1.807) is 7.11 Å². The van der Waals surface area contributed by atoms with Crippen molar-refractivity contribution in [1.29, 1.82) is 0 Å². The molecule has 3 rings (SSSR count). The highest BCUT2D eigenvalue weighted by Gasteiger charge is 2.23. The number of pyridine rings is 1. The molecule has 0 spiro atoms. The topological polar surface area (TPSA) is 13.1 Å². The summed E-state index contributed by atoms with van der Waals surface area (Å²) in [5.74, 6) is 0.880. The van der Waals surface area contributed by atoms with Crippen LogP contribution >= 0.6 is 0 Å². The van der Waals surface area contributed by atoms with E-state index in [0.29, 0.717) is 0 Å². The Balaban J connectivity index is 2.08. The van der Waals surface area contributed by atoms with Crippen LogP contribution in [0.25, 0.3) is 0 Å². The Morgan fingerprint density at radius 3 is 1.70 bits per heavy atom. The second-order valence-corrected chi connectivity index (χ2v) is 5.91. The number of rotatable bonds is 4. The number of ether oxygens (including phenoxy) is 1. The maximum atomic E-state index is 5.28. The van der Waals surface area contributed by atoms with Gasteiger partial charge >= 0.3 is 0 Å². The van der Waals surface area contributed by atoms with Gasteiger partial charge in [-0.15, -0.1) is 0 Å². The first-order valence-corrected chi connectivity index (χ1v) is 7.85. The number of nitrogens with zero attached hydrogens (tertiary/aromatic N) is 1. The Bertz CT molecular complexity index is 713. The Morgan fingerprint density at radius 1 is 0.696 bits per heavy atom. The highest BCUT2D eigenvalue weighted by atomic mass is 16.5. The molecule has 0 fully saturated rings. The molecule has 0 aliphatic rings. The molecule has 116 valence electrons. The smallest absolute Gasteiger partial charge is 0.208 e. The summed E-state index contributed by atoms with van der Waals surface area (Å²) in [5, 5.41) is 0. The van der Waals surface area contributed by atoms with Gasteiger partial charge < -0.3 is 4.74 Å². The average molecular weight is 304 g/mol. The van der Waals surface area contributed by atoms with E-state index in [9.17, 15) is 0 Å². The molecular weight excluding hydrogens is 282 g/mol. The molecule has 0 saturated carbocycles. The van der Waals surface area contributed by atoms with Gasteiger partial charge in [0.1, 0.15) is 5.75 Å². The minimum absolute atomic E-state index is 0.155. The predicted molar refractivity (Wildman–Crippen MR) is 92.8 cm³/mol. The molecule has 1 unspecified atom stereocenters. The van der Waals surface area contributed by atoms with Crippen molar-refractivity contribution < 1.29 is 9.30 Å². The normalized spacial score (nSPS) is 12.0.